The molecule has 0 bridgehead atoms. The molecule has 0 fully saturated rings. The first-order chi connectivity index (χ1) is 9.08. The van der Waals surface area contributed by atoms with Crippen LogP contribution in [0.25, 0.3) is 0 Å². The van der Waals surface area contributed by atoms with E-state index in [1.165, 1.54) is 12.1 Å². The molecule has 2 nitrogen and oxygen atoms in total. The van der Waals surface area contributed by atoms with Gasteiger partial charge in [0, 0.05) is 11.0 Å². The van der Waals surface area contributed by atoms with E-state index in [4.69, 9.17) is 0 Å². The van der Waals surface area contributed by atoms with E-state index < -0.39 is 17.5 Å². The molecule has 0 saturated heterocycles. The Hall–Kier alpha value is -1.75. The SMILES string of the molecule is O=C(NCc1ccc(Br)cc1)c1cccc(F)c1F. The van der Waals surface area contributed by atoms with Crippen LogP contribution in [0.2, 0.25) is 0 Å². The minimum atomic E-state index is -1.13. The highest BCUT2D eigenvalue weighted by molar-refractivity contribution is 9.10. The van der Waals surface area contributed by atoms with Crippen LogP contribution < -0.4 is 5.32 Å². The Morgan fingerprint density at radius 2 is 1.79 bits per heavy atom. The van der Waals surface area contributed by atoms with Gasteiger partial charge in [-0.15, -0.1) is 0 Å². The zero-order valence-electron chi connectivity index (χ0n) is 9.79. The second-order valence-corrected chi connectivity index (χ2v) is 4.83. The van der Waals surface area contributed by atoms with Crippen molar-refractivity contribution in [2.45, 2.75) is 6.54 Å². The topological polar surface area (TPSA) is 29.1 Å². The maximum Gasteiger partial charge on any atom is 0.254 e. The molecule has 0 unspecified atom stereocenters. The van der Waals surface area contributed by atoms with E-state index in [-0.39, 0.29) is 12.1 Å². The van der Waals surface area contributed by atoms with Gasteiger partial charge in [-0.2, -0.15) is 0 Å². The Kier molecular flexibility index (Phi) is 4.27. The molecule has 0 atom stereocenters. The smallest absolute Gasteiger partial charge is 0.254 e. The first-order valence-electron chi connectivity index (χ1n) is 5.54. The predicted molar refractivity (Wildman–Crippen MR) is 71.7 cm³/mol. The van der Waals surface area contributed by atoms with E-state index in [1.807, 2.05) is 24.3 Å². The van der Waals surface area contributed by atoms with Crippen molar-refractivity contribution in [3.63, 3.8) is 0 Å². The molecule has 98 valence electrons. The Balaban J connectivity index is 2.05. The fourth-order valence-corrected chi connectivity index (χ4v) is 1.82. The fraction of sp³-hybridized carbons (Fsp3) is 0.0714. The van der Waals surface area contributed by atoms with Crippen molar-refractivity contribution in [2.75, 3.05) is 0 Å². The third-order valence-electron chi connectivity index (χ3n) is 2.56. The van der Waals surface area contributed by atoms with Crippen LogP contribution in [-0.4, -0.2) is 5.91 Å². The summed E-state index contributed by atoms with van der Waals surface area (Å²) in [5.74, 6) is -2.80. The maximum atomic E-state index is 13.4. The third kappa shape index (κ3) is 3.38. The zero-order valence-corrected chi connectivity index (χ0v) is 11.4. The molecule has 2 rings (SSSR count). The van der Waals surface area contributed by atoms with Crippen molar-refractivity contribution >= 4 is 21.8 Å². The van der Waals surface area contributed by atoms with Crippen molar-refractivity contribution in [3.8, 4) is 0 Å². The minimum Gasteiger partial charge on any atom is -0.348 e. The van der Waals surface area contributed by atoms with Crippen LogP contribution in [0.1, 0.15) is 15.9 Å². The number of rotatable bonds is 3. The van der Waals surface area contributed by atoms with E-state index in [1.54, 1.807) is 0 Å². The van der Waals surface area contributed by atoms with Crippen molar-refractivity contribution in [1.82, 2.24) is 5.32 Å². The lowest BCUT2D eigenvalue weighted by molar-refractivity contribution is 0.0946. The van der Waals surface area contributed by atoms with Gasteiger partial charge in [-0.1, -0.05) is 34.1 Å². The van der Waals surface area contributed by atoms with Gasteiger partial charge >= 0.3 is 0 Å². The molecular formula is C14H10BrF2NO. The molecule has 1 amide bonds. The molecule has 0 aromatic heterocycles. The number of carbonyl (C=O) groups is 1. The summed E-state index contributed by atoms with van der Waals surface area (Å²) in [7, 11) is 0. The summed E-state index contributed by atoms with van der Waals surface area (Å²) in [4.78, 5) is 11.7. The molecule has 0 radical (unpaired) electrons. The molecule has 0 aliphatic carbocycles. The normalized spacial score (nSPS) is 10.3. The number of nitrogens with one attached hydrogen (secondary N) is 1. The average molecular weight is 326 g/mol. The van der Waals surface area contributed by atoms with Crippen LogP contribution in [0.3, 0.4) is 0 Å². The highest BCUT2D eigenvalue weighted by Gasteiger charge is 2.14. The number of carbonyl (C=O) groups excluding carboxylic acids is 1. The number of halogens is 3. The lowest BCUT2D eigenvalue weighted by Gasteiger charge is -2.06. The van der Waals surface area contributed by atoms with Gasteiger partial charge < -0.3 is 5.32 Å². The number of hydrogen-bond acceptors (Lipinski definition) is 1. The van der Waals surface area contributed by atoms with Gasteiger partial charge in [0.1, 0.15) is 0 Å². The molecule has 0 aliphatic heterocycles. The molecular weight excluding hydrogens is 316 g/mol. The second kappa shape index (κ2) is 5.93. The lowest BCUT2D eigenvalue weighted by Crippen LogP contribution is -2.24. The summed E-state index contributed by atoms with van der Waals surface area (Å²) in [5.41, 5.74) is 0.575. The van der Waals surface area contributed by atoms with Gasteiger partial charge in [-0.3, -0.25) is 4.79 Å². The molecule has 1 N–H and O–H groups in total. The van der Waals surface area contributed by atoms with Crippen molar-refractivity contribution < 1.29 is 13.6 Å². The van der Waals surface area contributed by atoms with E-state index in [2.05, 4.69) is 21.2 Å². The van der Waals surface area contributed by atoms with Crippen LogP contribution in [-0.2, 0) is 6.54 Å². The molecule has 0 aliphatic rings. The van der Waals surface area contributed by atoms with E-state index in [9.17, 15) is 13.6 Å². The monoisotopic (exact) mass is 325 g/mol. The highest BCUT2D eigenvalue weighted by atomic mass is 79.9. The quantitative estimate of drug-likeness (QED) is 0.916. The van der Waals surface area contributed by atoms with Crippen LogP contribution >= 0.6 is 15.9 Å². The second-order valence-electron chi connectivity index (χ2n) is 3.91. The van der Waals surface area contributed by atoms with Gasteiger partial charge in [0.15, 0.2) is 11.6 Å². The Labute approximate surface area is 117 Å². The Morgan fingerprint density at radius 1 is 1.11 bits per heavy atom. The van der Waals surface area contributed by atoms with Gasteiger partial charge in [-0.05, 0) is 29.8 Å². The molecule has 2 aromatic rings. The van der Waals surface area contributed by atoms with Crippen LogP contribution in [0, 0.1) is 11.6 Å². The van der Waals surface area contributed by atoms with Gasteiger partial charge in [0.25, 0.3) is 5.91 Å². The maximum absolute atomic E-state index is 13.4. The first kappa shape index (κ1) is 13.7. The summed E-state index contributed by atoms with van der Waals surface area (Å²) in [6.07, 6.45) is 0. The summed E-state index contributed by atoms with van der Waals surface area (Å²) in [6, 6.07) is 10.8. The van der Waals surface area contributed by atoms with E-state index >= 15 is 0 Å². The van der Waals surface area contributed by atoms with Crippen LogP contribution in [0.5, 0.6) is 0 Å². The highest BCUT2D eigenvalue weighted by Crippen LogP contribution is 2.12. The van der Waals surface area contributed by atoms with Crippen molar-refractivity contribution in [2.24, 2.45) is 0 Å². The molecule has 2 aromatic carbocycles. The Morgan fingerprint density at radius 3 is 2.47 bits per heavy atom. The molecule has 0 spiro atoms. The van der Waals surface area contributed by atoms with Crippen LogP contribution in [0.15, 0.2) is 46.9 Å². The third-order valence-corrected chi connectivity index (χ3v) is 3.09. The lowest BCUT2D eigenvalue weighted by atomic mass is 10.1. The van der Waals surface area contributed by atoms with E-state index in [0.29, 0.717) is 0 Å². The van der Waals surface area contributed by atoms with E-state index in [0.717, 1.165) is 16.1 Å². The largest absolute Gasteiger partial charge is 0.348 e. The molecule has 19 heavy (non-hydrogen) atoms. The summed E-state index contributed by atoms with van der Waals surface area (Å²) >= 11 is 3.30. The van der Waals surface area contributed by atoms with Gasteiger partial charge in [0.05, 0.1) is 5.56 Å². The fourth-order valence-electron chi connectivity index (χ4n) is 1.56. The van der Waals surface area contributed by atoms with Crippen molar-refractivity contribution in [1.29, 1.82) is 0 Å². The molecule has 5 heteroatoms. The average Bonchev–Trinajstić information content (AvgIpc) is 2.41. The van der Waals surface area contributed by atoms with Gasteiger partial charge in [0.2, 0.25) is 0 Å². The summed E-state index contributed by atoms with van der Waals surface area (Å²) in [6.45, 7) is 0.252. The van der Waals surface area contributed by atoms with Crippen molar-refractivity contribution in [3.05, 3.63) is 69.7 Å². The molecule has 0 heterocycles. The van der Waals surface area contributed by atoms with Gasteiger partial charge in [-0.25, -0.2) is 8.78 Å². The summed E-state index contributed by atoms with van der Waals surface area (Å²) < 4.78 is 27.3. The molecule has 0 saturated carbocycles. The first-order valence-corrected chi connectivity index (χ1v) is 6.34. The number of benzene rings is 2. The minimum absolute atomic E-state index is 0.252. The zero-order chi connectivity index (χ0) is 13.8. The van der Waals surface area contributed by atoms with Crippen LogP contribution in [0.4, 0.5) is 8.78 Å². The predicted octanol–water partition coefficient (Wildman–Crippen LogP) is 3.66. The standard InChI is InChI=1S/C14H10BrF2NO/c15-10-6-4-9(5-7-10)8-18-14(19)11-2-1-3-12(16)13(11)17/h1-7H,8H2,(H,18,19). The number of hydrogen-bond donors (Lipinski definition) is 1. The summed E-state index contributed by atoms with van der Waals surface area (Å²) in [5, 5.41) is 2.54. The number of amides is 1. The Bertz CT molecular complexity index is 599.